The van der Waals surface area contributed by atoms with Gasteiger partial charge in [0.15, 0.2) is 0 Å². The van der Waals surface area contributed by atoms with Crippen LogP contribution in [-0.2, 0) is 16.0 Å². The van der Waals surface area contributed by atoms with Crippen LogP contribution in [0.1, 0.15) is 5.56 Å². The van der Waals surface area contributed by atoms with Gasteiger partial charge in [-0.25, -0.2) is 0 Å². The standard InChI is InChI=1S/C12H12N2O3S2/c15-10-6-19-12(18)14(10)7-13-9-3-1-8(2-4-9)5-11(16)17/h1-4,13H,5-7H2,(H,16,17). The number of carboxylic acids is 1. The molecular formula is C12H12N2O3S2. The zero-order valence-corrected chi connectivity index (χ0v) is 11.6. The Morgan fingerprint density at radius 2 is 2.11 bits per heavy atom. The summed E-state index contributed by atoms with van der Waals surface area (Å²) in [5.41, 5.74) is 1.56. The fourth-order valence-electron chi connectivity index (χ4n) is 1.62. The summed E-state index contributed by atoms with van der Waals surface area (Å²) in [6.07, 6.45) is 0.00557. The number of anilines is 1. The number of hydrogen-bond donors (Lipinski definition) is 2. The van der Waals surface area contributed by atoms with Gasteiger partial charge in [-0.1, -0.05) is 36.1 Å². The number of thiocarbonyl (C=S) groups is 1. The molecule has 2 rings (SSSR count). The Hall–Kier alpha value is -1.60. The quantitative estimate of drug-likeness (QED) is 0.803. The van der Waals surface area contributed by atoms with Gasteiger partial charge in [0, 0.05) is 5.69 Å². The molecule has 0 radical (unpaired) electrons. The third kappa shape index (κ3) is 3.68. The van der Waals surface area contributed by atoms with Crippen molar-refractivity contribution in [2.24, 2.45) is 0 Å². The molecule has 100 valence electrons. The summed E-state index contributed by atoms with van der Waals surface area (Å²) < 4.78 is 0.583. The van der Waals surface area contributed by atoms with E-state index in [0.717, 1.165) is 11.3 Å². The molecule has 0 spiro atoms. The molecule has 7 heteroatoms. The Morgan fingerprint density at radius 1 is 1.42 bits per heavy atom. The highest BCUT2D eigenvalue weighted by Crippen LogP contribution is 2.19. The number of carbonyl (C=O) groups excluding carboxylic acids is 1. The molecule has 1 amide bonds. The van der Waals surface area contributed by atoms with Crippen LogP contribution in [0.3, 0.4) is 0 Å². The van der Waals surface area contributed by atoms with E-state index in [9.17, 15) is 9.59 Å². The van der Waals surface area contributed by atoms with Gasteiger partial charge in [-0.15, -0.1) is 0 Å². The number of carbonyl (C=O) groups is 2. The minimum atomic E-state index is -0.856. The Morgan fingerprint density at radius 3 is 2.63 bits per heavy atom. The number of benzene rings is 1. The van der Waals surface area contributed by atoms with Crippen LogP contribution in [0.15, 0.2) is 24.3 Å². The number of nitrogens with one attached hydrogen (secondary N) is 1. The van der Waals surface area contributed by atoms with Gasteiger partial charge in [-0.3, -0.25) is 14.5 Å². The average molecular weight is 296 g/mol. The number of carboxylic acid groups (broad SMARTS) is 1. The third-order valence-electron chi connectivity index (χ3n) is 2.59. The van der Waals surface area contributed by atoms with E-state index in [4.69, 9.17) is 17.3 Å². The molecule has 1 aromatic rings. The molecule has 1 saturated heterocycles. The fourth-order valence-corrected chi connectivity index (χ4v) is 2.69. The molecule has 2 N–H and O–H groups in total. The lowest BCUT2D eigenvalue weighted by molar-refractivity contribution is -0.136. The average Bonchev–Trinajstić information content (AvgIpc) is 2.68. The summed E-state index contributed by atoms with van der Waals surface area (Å²) in [7, 11) is 0. The summed E-state index contributed by atoms with van der Waals surface area (Å²) in [6, 6.07) is 7.06. The first-order valence-electron chi connectivity index (χ1n) is 5.58. The maximum atomic E-state index is 11.5. The van der Waals surface area contributed by atoms with E-state index in [2.05, 4.69) is 5.32 Å². The van der Waals surface area contributed by atoms with Crippen molar-refractivity contribution in [2.75, 3.05) is 17.7 Å². The van der Waals surface area contributed by atoms with E-state index in [0.29, 0.717) is 16.7 Å². The largest absolute Gasteiger partial charge is 0.481 e. The molecule has 1 aliphatic rings. The highest BCUT2D eigenvalue weighted by atomic mass is 32.2. The van der Waals surface area contributed by atoms with Crippen LogP contribution in [-0.4, -0.2) is 38.6 Å². The van der Waals surface area contributed by atoms with Crippen molar-refractivity contribution in [1.29, 1.82) is 0 Å². The van der Waals surface area contributed by atoms with Crippen LogP contribution in [0.25, 0.3) is 0 Å². The Balaban J connectivity index is 1.91. The van der Waals surface area contributed by atoms with Crippen molar-refractivity contribution >= 4 is 45.9 Å². The van der Waals surface area contributed by atoms with E-state index in [1.807, 2.05) is 0 Å². The molecule has 1 aliphatic heterocycles. The molecule has 1 fully saturated rings. The van der Waals surface area contributed by atoms with Gasteiger partial charge in [0.2, 0.25) is 5.91 Å². The van der Waals surface area contributed by atoms with Crippen LogP contribution >= 0.6 is 24.0 Å². The summed E-state index contributed by atoms with van der Waals surface area (Å²) in [6.45, 7) is 0.336. The predicted molar refractivity (Wildman–Crippen MR) is 78.2 cm³/mol. The normalized spacial score (nSPS) is 14.8. The van der Waals surface area contributed by atoms with Crippen molar-refractivity contribution in [2.45, 2.75) is 6.42 Å². The number of rotatable bonds is 5. The molecular weight excluding hydrogens is 284 g/mol. The summed E-state index contributed by atoms with van der Waals surface area (Å²) in [5.74, 6) is -0.450. The number of nitrogens with zero attached hydrogens (tertiary/aromatic N) is 1. The van der Waals surface area contributed by atoms with Crippen LogP contribution < -0.4 is 5.32 Å². The van der Waals surface area contributed by atoms with Crippen molar-refractivity contribution in [3.63, 3.8) is 0 Å². The minimum Gasteiger partial charge on any atom is -0.481 e. The SMILES string of the molecule is O=C(O)Cc1ccc(NCN2C(=O)CSC2=S)cc1. The second-order valence-corrected chi connectivity index (χ2v) is 5.59. The number of hydrogen-bond acceptors (Lipinski definition) is 5. The third-order valence-corrected chi connectivity index (χ3v) is 4.02. The van der Waals surface area contributed by atoms with Crippen LogP contribution in [0.2, 0.25) is 0 Å². The summed E-state index contributed by atoms with van der Waals surface area (Å²) in [4.78, 5) is 23.6. The van der Waals surface area contributed by atoms with Crippen molar-refractivity contribution in [3.05, 3.63) is 29.8 Å². The van der Waals surface area contributed by atoms with Crippen LogP contribution in [0.5, 0.6) is 0 Å². The zero-order valence-electron chi connectivity index (χ0n) is 9.96. The first-order valence-corrected chi connectivity index (χ1v) is 6.97. The molecule has 19 heavy (non-hydrogen) atoms. The van der Waals surface area contributed by atoms with Crippen LogP contribution in [0.4, 0.5) is 5.69 Å². The maximum absolute atomic E-state index is 11.5. The topological polar surface area (TPSA) is 69.6 Å². The highest BCUT2D eigenvalue weighted by Gasteiger charge is 2.25. The minimum absolute atomic E-state index is 0.00463. The van der Waals surface area contributed by atoms with Gasteiger partial charge in [-0.2, -0.15) is 0 Å². The lowest BCUT2D eigenvalue weighted by Crippen LogP contribution is -2.33. The lowest BCUT2D eigenvalue weighted by Gasteiger charge is -2.16. The second kappa shape index (κ2) is 6.03. The monoisotopic (exact) mass is 296 g/mol. The van der Waals surface area contributed by atoms with Gasteiger partial charge in [0.25, 0.3) is 0 Å². The first-order chi connectivity index (χ1) is 9.06. The lowest BCUT2D eigenvalue weighted by atomic mass is 10.1. The van der Waals surface area contributed by atoms with Crippen molar-refractivity contribution in [1.82, 2.24) is 4.90 Å². The van der Waals surface area contributed by atoms with Gasteiger partial charge in [0.1, 0.15) is 4.32 Å². The van der Waals surface area contributed by atoms with Gasteiger partial charge >= 0.3 is 5.97 Å². The Labute approximate surface area is 120 Å². The molecule has 0 bridgehead atoms. The van der Waals surface area contributed by atoms with E-state index in [1.54, 1.807) is 24.3 Å². The molecule has 1 heterocycles. The summed E-state index contributed by atoms with van der Waals surface area (Å²) in [5, 5.41) is 11.7. The molecule has 0 unspecified atom stereocenters. The van der Waals surface area contributed by atoms with Gasteiger partial charge in [-0.05, 0) is 17.7 Å². The van der Waals surface area contributed by atoms with Crippen molar-refractivity contribution < 1.29 is 14.7 Å². The van der Waals surface area contributed by atoms with E-state index in [1.165, 1.54) is 16.7 Å². The van der Waals surface area contributed by atoms with Gasteiger partial charge in [0.05, 0.1) is 18.8 Å². The molecule has 1 aromatic carbocycles. The first kappa shape index (κ1) is 13.8. The highest BCUT2D eigenvalue weighted by molar-refractivity contribution is 8.23. The molecule has 5 nitrogen and oxygen atoms in total. The number of amides is 1. The van der Waals surface area contributed by atoms with E-state index in [-0.39, 0.29) is 12.3 Å². The van der Waals surface area contributed by atoms with Crippen molar-refractivity contribution in [3.8, 4) is 0 Å². The smallest absolute Gasteiger partial charge is 0.307 e. The second-order valence-electron chi connectivity index (χ2n) is 3.98. The maximum Gasteiger partial charge on any atom is 0.307 e. The molecule has 0 aromatic heterocycles. The molecule has 0 aliphatic carbocycles. The van der Waals surface area contributed by atoms with Crippen LogP contribution in [0, 0.1) is 0 Å². The number of aliphatic carboxylic acids is 1. The summed E-state index contributed by atoms with van der Waals surface area (Å²) >= 11 is 6.42. The van der Waals surface area contributed by atoms with E-state index >= 15 is 0 Å². The molecule has 0 saturated carbocycles. The van der Waals surface area contributed by atoms with Gasteiger partial charge < -0.3 is 10.4 Å². The predicted octanol–water partition coefficient (Wildman–Crippen LogP) is 1.54. The molecule has 0 atom stereocenters. The zero-order chi connectivity index (χ0) is 13.8. The fraction of sp³-hybridized carbons (Fsp3) is 0.250. The number of thioether (sulfide) groups is 1. The Kier molecular flexibility index (Phi) is 4.39. The van der Waals surface area contributed by atoms with E-state index < -0.39 is 5.97 Å². The Bertz CT molecular complexity index is 500.